The number of aliphatic hydroxyl groups excluding tert-OH is 1. The summed E-state index contributed by atoms with van der Waals surface area (Å²) in [5, 5.41) is 11.5. The molecule has 2 heterocycles. The van der Waals surface area contributed by atoms with Gasteiger partial charge in [0.15, 0.2) is 6.10 Å². The number of aryl methyl sites for hydroxylation is 1. The van der Waals surface area contributed by atoms with Crippen LogP contribution in [0.3, 0.4) is 0 Å². The van der Waals surface area contributed by atoms with Crippen LogP contribution in [0.1, 0.15) is 68.2 Å². The molecular weight excluding hydrogens is 720 g/mol. The number of thiol groups is 1. The van der Waals surface area contributed by atoms with Gasteiger partial charge >= 0.3 is 0 Å². The first-order valence-corrected chi connectivity index (χ1v) is 19.5. The maximum atomic E-state index is 13.5. The molecule has 4 N–H and O–H groups in total. The van der Waals surface area contributed by atoms with Crippen LogP contribution in [0.5, 0.6) is 5.75 Å². The highest BCUT2D eigenvalue weighted by Crippen LogP contribution is 2.43. The van der Waals surface area contributed by atoms with Crippen molar-refractivity contribution in [3.8, 4) is 5.75 Å². The third kappa shape index (κ3) is 11.6. The van der Waals surface area contributed by atoms with E-state index in [2.05, 4.69) is 70.9 Å². The molecular formula is C40H58ClF2N5O4S. The summed E-state index contributed by atoms with van der Waals surface area (Å²) in [6.07, 6.45) is 7.52. The van der Waals surface area contributed by atoms with Gasteiger partial charge in [-0.05, 0) is 92.4 Å². The van der Waals surface area contributed by atoms with Crippen LogP contribution in [0.15, 0.2) is 60.8 Å². The lowest BCUT2D eigenvalue weighted by Crippen LogP contribution is -2.57. The lowest BCUT2D eigenvalue weighted by atomic mass is 9.70. The number of carbonyl (C=O) groups excluding carboxylic acids is 1. The van der Waals surface area contributed by atoms with Gasteiger partial charge < -0.3 is 34.8 Å². The summed E-state index contributed by atoms with van der Waals surface area (Å²) in [7, 11) is 3.52. The highest BCUT2D eigenvalue weighted by Gasteiger charge is 2.44. The van der Waals surface area contributed by atoms with Gasteiger partial charge in [-0.3, -0.25) is 9.69 Å². The summed E-state index contributed by atoms with van der Waals surface area (Å²) in [5.41, 5.74) is 9.20. The van der Waals surface area contributed by atoms with Crippen molar-refractivity contribution in [2.45, 2.75) is 70.0 Å². The Morgan fingerprint density at radius 1 is 1.26 bits per heavy atom. The zero-order valence-electron chi connectivity index (χ0n) is 31.6. The number of anilines is 1. The summed E-state index contributed by atoms with van der Waals surface area (Å²) < 4.78 is 42.1. The van der Waals surface area contributed by atoms with Crippen LogP contribution >= 0.6 is 24.4 Å². The van der Waals surface area contributed by atoms with Crippen molar-refractivity contribution in [1.29, 1.82) is 0 Å². The predicted molar refractivity (Wildman–Crippen MR) is 213 cm³/mol. The summed E-state index contributed by atoms with van der Waals surface area (Å²) in [6.45, 7) is 11.3. The number of hydrogen-bond acceptors (Lipinski definition) is 9. The molecule has 1 saturated heterocycles. The third-order valence-corrected chi connectivity index (χ3v) is 11.0. The highest BCUT2D eigenvalue weighted by molar-refractivity contribution is 7.78. The number of allylic oxidation sites excluding steroid dienone is 1. The third-order valence-electron chi connectivity index (χ3n) is 10.5. The van der Waals surface area contributed by atoms with Crippen molar-refractivity contribution in [2.24, 2.45) is 17.6 Å². The number of carbonyl (C=O) groups is 1. The van der Waals surface area contributed by atoms with Crippen LogP contribution in [0.2, 0.25) is 5.02 Å². The van der Waals surface area contributed by atoms with Crippen molar-refractivity contribution in [3.63, 3.8) is 0 Å². The molecule has 5 rings (SSSR count). The number of alkyl halides is 2. The maximum Gasteiger partial charge on any atom is 0.272 e. The Hall–Kier alpha value is -2.87. The van der Waals surface area contributed by atoms with Crippen LogP contribution in [0.25, 0.3) is 0 Å². The molecule has 1 aliphatic carbocycles. The molecule has 1 saturated carbocycles. The van der Waals surface area contributed by atoms with E-state index in [0.717, 1.165) is 56.6 Å². The van der Waals surface area contributed by atoms with E-state index in [1.165, 1.54) is 18.2 Å². The summed E-state index contributed by atoms with van der Waals surface area (Å²) in [6, 6.07) is 11.5. The molecule has 13 heteroatoms. The minimum atomic E-state index is -2.60. The van der Waals surface area contributed by atoms with Gasteiger partial charge in [-0.15, -0.1) is 0 Å². The van der Waals surface area contributed by atoms with Gasteiger partial charge in [0.25, 0.3) is 11.8 Å². The fraction of sp³-hybridized carbons (Fsp3) is 0.575. The topological polar surface area (TPSA) is 104 Å². The molecule has 9 nitrogen and oxygen atoms in total. The smallest absolute Gasteiger partial charge is 0.272 e. The van der Waals surface area contributed by atoms with Crippen LogP contribution in [0.4, 0.5) is 14.5 Å². The largest absolute Gasteiger partial charge is 0.491 e. The summed E-state index contributed by atoms with van der Waals surface area (Å²) >= 11 is 10.3. The molecule has 0 spiro atoms. The number of nitrogens with one attached hydrogen (secondary N) is 1. The molecule has 0 aromatic heterocycles. The summed E-state index contributed by atoms with van der Waals surface area (Å²) in [4.78, 5) is 18.5. The van der Waals surface area contributed by atoms with E-state index < -0.39 is 17.9 Å². The number of halogens is 3. The molecule has 2 fully saturated rings. The van der Waals surface area contributed by atoms with E-state index in [1.807, 2.05) is 32.2 Å². The highest BCUT2D eigenvalue weighted by atomic mass is 35.5. The van der Waals surface area contributed by atoms with Gasteiger partial charge in [0.2, 0.25) is 0 Å². The number of hydrogen-bond donors (Lipinski definition) is 4. The maximum absolute atomic E-state index is 13.5. The zero-order chi connectivity index (χ0) is 38.7. The number of ether oxygens (including phenoxy) is 2. The molecule has 294 valence electrons. The van der Waals surface area contributed by atoms with Gasteiger partial charge in [-0.1, -0.05) is 68.6 Å². The average molecular weight is 778 g/mol. The number of nitrogens with zero attached hydrogens (tertiary/aromatic N) is 3. The van der Waals surface area contributed by atoms with Crippen molar-refractivity contribution < 1.29 is 28.2 Å². The molecule has 2 aromatic carbocycles. The number of amides is 1. The Morgan fingerprint density at radius 3 is 2.66 bits per heavy atom. The molecule has 53 heavy (non-hydrogen) atoms. The van der Waals surface area contributed by atoms with Crippen molar-refractivity contribution in [2.75, 3.05) is 71.5 Å². The van der Waals surface area contributed by atoms with E-state index in [4.69, 9.17) is 21.1 Å². The van der Waals surface area contributed by atoms with Crippen molar-refractivity contribution in [1.82, 2.24) is 14.5 Å². The molecule has 5 unspecified atom stereocenters. The van der Waals surface area contributed by atoms with Gasteiger partial charge in [0.1, 0.15) is 5.75 Å². The Labute approximate surface area is 325 Å². The fourth-order valence-electron chi connectivity index (χ4n) is 7.35. The number of nitrogens with two attached hydrogens (primary N) is 1. The van der Waals surface area contributed by atoms with E-state index in [0.29, 0.717) is 42.6 Å². The number of fused-ring (bicyclic) bond motifs is 1. The SMILES string of the molecule is C=C(C)N(C)CC/C=C/C(OCCN1CC(F)(F)C1)C1CCC1CN1CC(c2ccc(Cl)cc2CCC)COc2ccc(C(O)C(=O)NS)cc21.CN. The Bertz CT molecular complexity index is 1540. The zero-order valence-corrected chi connectivity index (χ0v) is 33.2. The minimum absolute atomic E-state index is 0.0516. The second kappa shape index (κ2) is 20.2. The first-order chi connectivity index (χ1) is 25.4. The normalized spacial score (nSPS) is 21.8. The van der Waals surface area contributed by atoms with E-state index in [1.54, 1.807) is 11.0 Å². The van der Waals surface area contributed by atoms with E-state index in [9.17, 15) is 18.7 Å². The molecule has 2 aliphatic heterocycles. The lowest BCUT2D eigenvalue weighted by molar-refractivity contribution is -0.138. The second-order valence-corrected chi connectivity index (χ2v) is 15.0. The predicted octanol–water partition coefficient (Wildman–Crippen LogP) is 6.62. The quantitative estimate of drug-likeness (QED) is 0.105. The number of rotatable bonds is 17. The van der Waals surface area contributed by atoms with E-state index >= 15 is 0 Å². The van der Waals surface area contributed by atoms with Gasteiger partial charge in [-0.25, -0.2) is 8.78 Å². The first kappa shape index (κ1) is 42.9. The molecule has 0 bridgehead atoms. The number of benzene rings is 2. The van der Waals surface area contributed by atoms with Gasteiger partial charge in [0.05, 0.1) is 38.1 Å². The second-order valence-electron chi connectivity index (χ2n) is 14.4. The Morgan fingerprint density at radius 2 is 2.02 bits per heavy atom. The molecule has 0 radical (unpaired) electrons. The standard InChI is InChI=1S/C39H53ClF2N4O4S.CH5N/c1-5-8-27-19-31(40)12-14-32(27)30-22-46(34-20-28(37(47)38(48)43-51)11-15-36(34)50-23-30)21-29-10-13-33(29)35(9-6-7-16-44(4)26(2)3)49-18-17-45-24-39(41,42)25-45;1-2/h6,9,11-12,14-15,19-20,29-30,33,35,37,47,51H,2,5,7-8,10,13,16-18,21-25H2,1,3-4H3,(H,43,48);2H2,1H3/b9-6+;. The molecule has 2 aromatic rings. The molecule has 5 atom stereocenters. The van der Waals surface area contributed by atoms with E-state index in [-0.39, 0.29) is 36.9 Å². The monoisotopic (exact) mass is 777 g/mol. The minimum Gasteiger partial charge on any atom is -0.491 e. The average Bonchev–Trinajstić information content (AvgIpc) is 3.30. The fourth-order valence-corrected chi connectivity index (χ4v) is 7.66. The van der Waals surface area contributed by atoms with Crippen molar-refractivity contribution in [3.05, 3.63) is 82.5 Å². The Balaban J connectivity index is 0.00000308. The van der Waals surface area contributed by atoms with Crippen LogP contribution in [-0.2, 0) is 16.0 Å². The first-order valence-electron chi connectivity index (χ1n) is 18.6. The van der Waals surface area contributed by atoms with Crippen LogP contribution < -0.4 is 20.1 Å². The Kier molecular flexibility index (Phi) is 16.3. The van der Waals surface area contributed by atoms with Crippen LogP contribution in [0, 0.1) is 11.8 Å². The molecule has 3 aliphatic rings. The van der Waals surface area contributed by atoms with Gasteiger partial charge in [0, 0.05) is 49.9 Å². The number of likely N-dealkylation sites (tertiary alicyclic amines) is 1. The van der Waals surface area contributed by atoms with Crippen molar-refractivity contribution >= 4 is 36.0 Å². The number of aliphatic hydroxyl groups is 1. The molecule has 1 amide bonds. The summed E-state index contributed by atoms with van der Waals surface area (Å²) in [5.74, 6) is -1.94. The lowest BCUT2D eigenvalue weighted by Gasteiger charge is -2.44. The van der Waals surface area contributed by atoms with Gasteiger partial charge in [-0.2, -0.15) is 0 Å². The van der Waals surface area contributed by atoms with Crippen LogP contribution in [-0.4, -0.2) is 99.4 Å².